The van der Waals surface area contributed by atoms with Crippen LogP contribution in [0.2, 0.25) is 0 Å². The van der Waals surface area contributed by atoms with Crippen molar-refractivity contribution in [3.05, 3.63) is 162 Å². The number of rotatable bonds is 2. The summed E-state index contributed by atoms with van der Waals surface area (Å²) in [6.45, 7) is 0. The fraction of sp³-hybridized carbons (Fsp3) is 0.0270. The van der Waals surface area contributed by atoms with Gasteiger partial charge in [0.1, 0.15) is 0 Å². The lowest BCUT2D eigenvalue weighted by Crippen LogP contribution is -2.33. The molecule has 182 valence electrons. The third-order valence-electron chi connectivity index (χ3n) is 8.74. The van der Waals surface area contributed by atoms with Crippen LogP contribution in [0.1, 0.15) is 22.3 Å². The largest absolute Gasteiger partial charge is 0.355 e. The lowest BCUT2D eigenvalue weighted by Gasteiger charge is -2.39. The fourth-order valence-corrected chi connectivity index (χ4v) is 7.34. The van der Waals surface area contributed by atoms with Gasteiger partial charge in [-0.05, 0) is 69.8 Å². The summed E-state index contributed by atoms with van der Waals surface area (Å²) in [6, 6.07) is 51.1. The first-order valence-electron chi connectivity index (χ1n) is 13.5. The molecule has 2 nitrogen and oxygen atoms in total. The quantitative estimate of drug-likeness (QED) is 0.252. The zero-order chi connectivity index (χ0) is 25.6. The number of aromatic nitrogens is 1. The summed E-state index contributed by atoms with van der Waals surface area (Å²) in [6.07, 6.45) is 0. The molecule has 2 aliphatic rings. The Morgan fingerprint density at radius 3 is 1.85 bits per heavy atom. The van der Waals surface area contributed by atoms with Gasteiger partial charge in [-0.25, -0.2) is 0 Å². The number of anilines is 2. The number of hydrogen-bond acceptors (Lipinski definition) is 1. The van der Waals surface area contributed by atoms with Crippen LogP contribution in [0.3, 0.4) is 0 Å². The minimum absolute atomic E-state index is 0.416. The van der Waals surface area contributed by atoms with E-state index in [2.05, 4.69) is 149 Å². The number of nitrogens with zero attached hydrogens (tertiary/aromatic N) is 1. The highest BCUT2D eigenvalue weighted by atomic mass is 15.0. The van der Waals surface area contributed by atoms with Crippen molar-refractivity contribution in [2.45, 2.75) is 5.41 Å². The van der Waals surface area contributed by atoms with Crippen LogP contribution >= 0.6 is 0 Å². The Morgan fingerprint density at radius 1 is 0.462 bits per heavy atom. The van der Waals surface area contributed by atoms with E-state index in [0.717, 1.165) is 11.4 Å². The van der Waals surface area contributed by atoms with Crippen LogP contribution < -0.4 is 5.32 Å². The fourth-order valence-electron chi connectivity index (χ4n) is 7.34. The van der Waals surface area contributed by atoms with E-state index in [-0.39, 0.29) is 0 Å². The SMILES string of the molecule is c1ccc(Nc2cc3c4c(c2)c2ccccc2n4-c2ccccc2C32c3ccccc3-c3ccccc32)cc1. The summed E-state index contributed by atoms with van der Waals surface area (Å²) in [4.78, 5) is 0. The van der Waals surface area contributed by atoms with Gasteiger partial charge >= 0.3 is 0 Å². The summed E-state index contributed by atoms with van der Waals surface area (Å²) in [5.74, 6) is 0. The molecule has 7 aromatic rings. The van der Waals surface area contributed by atoms with E-state index in [1.54, 1.807) is 0 Å². The molecule has 1 spiro atoms. The molecule has 0 radical (unpaired) electrons. The average Bonchev–Trinajstić information content (AvgIpc) is 3.48. The van der Waals surface area contributed by atoms with E-state index in [4.69, 9.17) is 0 Å². The number of hydrogen-bond donors (Lipinski definition) is 1. The minimum atomic E-state index is -0.416. The topological polar surface area (TPSA) is 17.0 Å². The van der Waals surface area contributed by atoms with Gasteiger partial charge in [0.2, 0.25) is 0 Å². The average molecular weight is 497 g/mol. The van der Waals surface area contributed by atoms with Crippen LogP contribution in [0.15, 0.2) is 140 Å². The van der Waals surface area contributed by atoms with E-state index < -0.39 is 5.41 Å². The molecule has 0 fully saturated rings. The summed E-state index contributed by atoms with van der Waals surface area (Å²) in [5, 5.41) is 6.29. The Kier molecular flexibility index (Phi) is 4.02. The highest BCUT2D eigenvalue weighted by Gasteiger charge is 2.50. The molecule has 9 rings (SSSR count). The smallest absolute Gasteiger partial charge is 0.0755 e. The van der Waals surface area contributed by atoms with Gasteiger partial charge in [-0.15, -0.1) is 0 Å². The highest BCUT2D eigenvalue weighted by molar-refractivity contribution is 6.14. The van der Waals surface area contributed by atoms with E-state index in [1.807, 2.05) is 0 Å². The molecular weight excluding hydrogens is 472 g/mol. The Morgan fingerprint density at radius 2 is 1.08 bits per heavy atom. The molecule has 1 aliphatic carbocycles. The molecule has 1 aromatic heterocycles. The van der Waals surface area contributed by atoms with Crippen LogP contribution in [-0.4, -0.2) is 4.57 Å². The van der Waals surface area contributed by atoms with Crippen molar-refractivity contribution in [3.8, 4) is 16.8 Å². The van der Waals surface area contributed by atoms with Gasteiger partial charge in [0.25, 0.3) is 0 Å². The second kappa shape index (κ2) is 7.49. The van der Waals surface area contributed by atoms with Gasteiger partial charge in [0.15, 0.2) is 0 Å². The van der Waals surface area contributed by atoms with Crippen LogP contribution in [0.5, 0.6) is 0 Å². The van der Waals surface area contributed by atoms with Gasteiger partial charge in [-0.2, -0.15) is 0 Å². The van der Waals surface area contributed by atoms with Gasteiger partial charge in [0.05, 0.1) is 22.1 Å². The predicted molar refractivity (Wildman–Crippen MR) is 161 cm³/mol. The molecule has 6 aromatic carbocycles. The molecule has 0 amide bonds. The third-order valence-corrected chi connectivity index (χ3v) is 8.74. The van der Waals surface area contributed by atoms with Crippen molar-refractivity contribution in [2.75, 3.05) is 5.32 Å². The van der Waals surface area contributed by atoms with Gasteiger partial charge in [0, 0.05) is 22.1 Å². The van der Waals surface area contributed by atoms with Crippen molar-refractivity contribution >= 4 is 33.2 Å². The molecule has 39 heavy (non-hydrogen) atoms. The van der Waals surface area contributed by atoms with Gasteiger partial charge in [-0.3, -0.25) is 0 Å². The number of para-hydroxylation sites is 3. The van der Waals surface area contributed by atoms with E-state index in [9.17, 15) is 0 Å². The first-order chi connectivity index (χ1) is 19.4. The molecule has 0 saturated heterocycles. The third kappa shape index (κ3) is 2.56. The monoisotopic (exact) mass is 496 g/mol. The highest BCUT2D eigenvalue weighted by Crippen LogP contribution is 2.61. The predicted octanol–water partition coefficient (Wildman–Crippen LogP) is 9.20. The van der Waals surface area contributed by atoms with Crippen LogP contribution in [0.4, 0.5) is 11.4 Å². The standard InChI is InChI=1S/C37H24N2/c1-2-12-24(13-3-1)38-25-22-29-28-16-6-10-20-34(28)39-35-21-11-9-19-32(35)37(33(23-25)36(29)39)30-17-7-4-14-26(30)27-15-5-8-18-31(27)37/h1-23,38H. The molecule has 2 heteroatoms. The van der Waals surface area contributed by atoms with E-state index in [0.29, 0.717) is 0 Å². The number of nitrogens with one attached hydrogen (secondary N) is 1. The van der Waals surface area contributed by atoms with Crippen LogP contribution in [-0.2, 0) is 5.41 Å². The first-order valence-corrected chi connectivity index (χ1v) is 13.5. The molecule has 0 bridgehead atoms. The van der Waals surface area contributed by atoms with Crippen LogP contribution in [0, 0.1) is 0 Å². The summed E-state index contributed by atoms with van der Waals surface area (Å²) < 4.78 is 2.50. The molecule has 0 saturated carbocycles. The Hall–Kier alpha value is -5.08. The first kappa shape index (κ1) is 20.9. The number of fused-ring (bicyclic) bond motifs is 12. The molecule has 2 heterocycles. The maximum absolute atomic E-state index is 3.74. The normalized spacial score (nSPS) is 13.8. The molecule has 1 N–H and O–H groups in total. The maximum Gasteiger partial charge on any atom is 0.0755 e. The van der Waals surface area contributed by atoms with Gasteiger partial charge < -0.3 is 9.88 Å². The Balaban J connectivity index is 1.51. The Bertz CT molecular complexity index is 2050. The van der Waals surface area contributed by atoms with Crippen molar-refractivity contribution < 1.29 is 0 Å². The van der Waals surface area contributed by atoms with Crippen molar-refractivity contribution in [3.63, 3.8) is 0 Å². The van der Waals surface area contributed by atoms with E-state index in [1.165, 1.54) is 60.9 Å². The van der Waals surface area contributed by atoms with Crippen molar-refractivity contribution in [1.29, 1.82) is 0 Å². The molecule has 0 atom stereocenters. The second-order valence-electron chi connectivity index (χ2n) is 10.6. The Labute approximate surface area is 226 Å². The maximum atomic E-state index is 3.74. The molecule has 1 aliphatic heterocycles. The minimum Gasteiger partial charge on any atom is -0.355 e. The number of benzene rings is 6. The molecular formula is C37H24N2. The van der Waals surface area contributed by atoms with E-state index >= 15 is 0 Å². The summed E-state index contributed by atoms with van der Waals surface area (Å²) in [5.41, 5.74) is 13.6. The lowest BCUT2D eigenvalue weighted by atomic mass is 9.65. The second-order valence-corrected chi connectivity index (χ2v) is 10.6. The molecule has 0 unspecified atom stereocenters. The van der Waals surface area contributed by atoms with Crippen LogP contribution in [0.25, 0.3) is 38.6 Å². The van der Waals surface area contributed by atoms with Crippen molar-refractivity contribution in [2.24, 2.45) is 0 Å². The van der Waals surface area contributed by atoms with Gasteiger partial charge in [-0.1, -0.05) is 103 Å². The van der Waals surface area contributed by atoms with Crippen molar-refractivity contribution in [1.82, 2.24) is 4.57 Å². The zero-order valence-corrected chi connectivity index (χ0v) is 21.2. The zero-order valence-electron chi connectivity index (χ0n) is 21.2. The summed E-state index contributed by atoms with van der Waals surface area (Å²) >= 11 is 0. The lowest BCUT2D eigenvalue weighted by molar-refractivity contribution is 0.749. The summed E-state index contributed by atoms with van der Waals surface area (Å²) in [7, 11) is 0.